The molecule has 2 aliphatic rings. The van der Waals surface area contributed by atoms with Gasteiger partial charge in [-0.1, -0.05) is 0 Å². The van der Waals surface area contributed by atoms with E-state index in [0.29, 0.717) is 19.0 Å². The third kappa shape index (κ3) is 1.87. The fourth-order valence-electron chi connectivity index (χ4n) is 2.91. The van der Waals surface area contributed by atoms with E-state index in [-0.39, 0.29) is 12.5 Å². The fourth-order valence-corrected chi connectivity index (χ4v) is 2.91. The molecule has 1 aliphatic heterocycles. The molecule has 2 aromatic rings. The summed E-state index contributed by atoms with van der Waals surface area (Å²) in [5, 5.41) is 20.3. The summed E-state index contributed by atoms with van der Waals surface area (Å²) in [5.41, 5.74) is 0.860. The molecule has 2 unspecified atom stereocenters. The zero-order valence-electron chi connectivity index (χ0n) is 11.2. The molecule has 0 amide bonds. The van der Waals surface area contributed by atoms with E-state index in [9.17, 15) is 10.2 Å². The van der Waals surface area contributed by atoms with Gasteiger partial charge in [-0.2, -0.15) is 0 Å². The van der Waals surface area contributed by atoms with Crippen LogP contribution in [0.3, 0.4) is 0 Å². The van der Waals surface area contributed by atoms with Gasteiger partial charge in [0.25, 0.3) is 0 Å². The molecule has 0 aromatic carbocycles. The standard InChI is InChI=1S/C14H18N4O2/c19-7-9-5-18(6-11(9)20)14-10-3-4-15-13(10)16-12(17-14)8-1-2-8/h3-4,8-9,11,19-20H,1-2,5-7H2,(H,15,16,17). The lowest BCUT2D eigenvalue weighted by Gasteiger charge is -2.18. The summed E-state index contributed by atoms with van der Waals surface area (Å²) < 4.78 is 0. The molecule has 1 saturated carbocycles. The average Bonchev–Trinajstić information content (AvgIpc) is 3.08. The van der Waals surface area contributed by atoms with Crippen molar-refractivity contribution in [3.8, 4) is 0 Å². The van der Waals surface area contributed by atoms with Gasteiger partial charge in [0, 0.05) is 31.1 Å². The summed E-state index contributed by atoms with van der Waals surface area (Å²) in [7, 11) is 0. The highest BCUT2D eigenvalue weighted by molar-refractivity contribution is 5.87. The Morgan fingerprint density at radius 2 is 2.15 bits per heavy atom. The Balaban J connectivity index is 1.76. The van der Waals surface area contributed by atoms with Crippen molar-refractivity contribution in [2.75, 3.05) is 24.6 Å². The number of hydrogen-bond donors (Lipinski definition) is 3. The van der Waals surface area contributed by atoms with E-state index in [2.05, 4.69) is 14.9 Å². The molecule has 20 heavy (non-hydrogen) atoms. The number of aromatic nitrogens is 3. The van der Waals surface area contributed by atoms with E-state index in [4.69, 9.17) is 4.98 Å². The lowest BCUT2D eigenvalue weighted by atomic mass is 10.1. The second-order valence-corrected chi connectivity index (χ2v) is 5.83. The van der Waals surface area contributed by atoms with Crippen LogP contribution in [0.25, 0.3) is 11.0 Å². The predicted octanol–water partition coefficient (Wildman–Crippen LogP) is 0.625. The topological polar surface area (TPSA) is 85.3 Å². The van der Waals surface area contributed by atoms with Gasteiger partial charge in [0.15, 0.2) is 0 Å². The minimum Gasteiger partial charge on any atom is -0.396 e. The number of aliphatic hydroxyl groups excluding tert-OH is 2. The van der Waals surface area contributed by atoms with Crippen molar-refractivity contribution >= 4 is 16.9 Å². The highest BCUT2D eigenvalue weighted by Gasteiger charge is 2.34. The number of rotatable bonds is 3. The first-order chi connectivity index (χ1) is 9.76. The van der Waals surface area contributed by atoms with Crippen LogP contribution in [0.15, 0.2) is 12.3 Å². The Morgan fingerprint density at radius 1 is 1.30 bits per heavy atom. The van der Waals surface area contributed by atoms with Crippen molar-refractivity contribution in [2.45, 2.75) is 24.9 Å². The summed E-state index contributed by atoms with van der Waals surface area (Å²) in [6.45, 7) is 1.17. The third-order valence-electron chi connectivity index (χ3n) is 4.30. The Hall–Kier alpha value is -1.66. The lowest BCUT2D eigenvalue weighted by molar-refractivity contribution is 0.104. The van der Waals surface area contributed by atoms with E-state index in [1.54, 1.807) is 0 Å². The van der Waals surface area contributed by atoms with Crippen LogP contribution in [0.2, 0.25) is 0 Å². The second kappa shape index (κ2) is 4.43. The second-order valence-electron chi connectivity index (χ2n) is 5.83. The smallest absolute Gasteiger partial charge is 0.143 e. The number of hydrogen-bond acceptors (Lipinski definition) is 5. The van der Waals surface area contributed by atoms with E-state index in [0.717, 1.165) is 35.5 Å². The van der Waals surface area contributed by atoms with Crippen LogP contribution in [0.5, 0.6) is 0 Å². The maximum Gasteiger partial charge on any atom is 0.143 e. The summed E-state index contributed by atoms with van der Waals surface area (Å²) in [4.78, 5) is 14.5. The van der Waals surface area contributed by atoms with Gasteiger partial charge in [-0.25, -0.2) is 9.97 Å². The highest BCUT2D eigenvalue weighted by Crippen LogP contribution is 2.40. The average molecular weight is 274 g/mol. The third-order valence-corrected chi connectivity index (χ3v) is 4.30. The van der Waals surface area contributed by atoms with E-state index in [1.807, 2.05) is 12.3 Å². The van der Waals surface area contributed by atoms with Crippen molar-refractivity contribution in [3.05, 3.63) is 18.1 Å². The van der Waals surface area contributed by atoms with Crippen LogP contribution >= 0.6 is 0 Å². The molecule has 0 radical (unpaired) electrons. The Morgan fingerprint density at radius 3 is 2.85 bits per heavy atom. The maximum absolute atomic E-state index is 9.98. The quantitative estimate of drug-likeness (QED) is 0.764. The monoisotopic (exact) mass is 274 g/mol. The molecule has 0 bridgehead atoms. The number of nitrogens with zero attached hydrogens (tertiary/aromatic N) is 3. The molecule has 3 N–H and O–H groups in total. The molecule has 6 heteroatoms. The number of nitrogens with one attached hydrogen (secondary N) is 1. The van der Waals surface area contributed by atoms with Gasteiger partial charge in [0.1, 0.15) is 17.3 Å². The van der Waals surface area contributed by atoms with Crippen LogP contribution in [0.4, 0.5) is 5.82 Å². The Labute approximate surface area is 116 Å². The number of fused-ring (bicyclic) bond motifs is 1. The molecule has 2 aromatic heterocycles. The molecule has 106 valence electrons. The van der Waals surface area contributed by atoms with Gasteiger partial charge in [0.2, 0.25) is 0 Å². The minimum atomic E-state index is -0.492. The highest BCUT2D eigenvalue weighted by atomic mass is 16.3. The first-order valence-electron chi connectivity index (χ1n) is 7.15. The molecule has 1 aliphatic carbocycles. The van der Waals surface area contributed by atoms with Gasteiger partial charge in [-0.15, -0.1) is 0 Å². The number of aliphatic hydroxyl groups is 2. The molecule has 2 atom stereocenters. The van der Waals surface area contributed by atoms with Crippen molar-refractivity contribution in [1.82, 2.24) is 15.0 Å². The summed E-state index contributed by atoms with van der Waals surface area (Å²) >= 11 is 0. The van der Waals surface area contributed by atoms with Crippen molar-refractivity contribution in [3.63, 3.8) is 0 Å². The zero-order valence-corrected chi connectivity index (χ0v) is 11.2. The van der Waals surface area contributed by atoms with Crippen molar-refractivity contribution < 1.29 is 10.2 Å². The van der Waals surface area contributed by atoms with Crippen LogP contribution < -0.4 is 4.90 Å². The number of H-pyrrole nitrogens is 1. The molecular formula is C14H18N4O2. The Kier molecular flexibility index (Phi) is 2.68. The van der Waals surface area contributed by atoms with Gasteiger partial charge >= 0.3 is 0 Å². The molecule has 4 rings (SSSR count). The summed E-state index contributed by atoms with van der Waals surface area (Å²) in [6.07, 6.45) is 3.70. The molecule has 3 heterocycles. The first kappa shape index (κ1) is 12.1. The summed E-state index contributed by atoms with van der Waals surface area (Å²) in [5.74, 6) is 2.18. The van der Waals surface area contributed by atoms with Crippen LogP contribution in [-0.2, 0) is 0 Å². The van der Waals surface area contributed by atoms with Crippen LogP contribution in [0, 0.1) is 5.92 Å². The van der Waals surface area contributed by atoms with Gasteiger partial charge in [0.05, 0.1) is 18.1 Å². The van der Waals surface area contributed by atoms with E-state index >= 15 is 0 Å². The first-order valence-corrected chi connectivity index (χ1v) is 7.15. The fraction of sp³-hybridized carbons (Fsp3) is 0.571. The van der Waals surface area contributed by atoms with Crippen molar-refractivity contribution in [1.29, 1.82) is 0 Å². The van der Waals surface area contributed by atoms with Gasteiger partial charge < -0.3 is 20.1 Å². The number of anilines is 1. The lowest BCUT2D eigenvalue weighted by Crippen LogP contribution is -2.23. The zero-order chi connectivity index (χ0) is 13.7. The minimum absolute atomic E-state index is 0.00844. The SMILES string of the molecule is OCC1CN(c2nc(C3CC3)nc3[nH]ccc23)CC1O. The molecular weight excluding hydrogens is 256 g/mol. The Bertz CT molecular complexity index is 637. The summed E-state index contributed by atoms with van der Waals surface area (Å²) in [6, 6.07) is 1.97. The van der Waals surface area contributed by atoms with Gasteiger partial charge in [-0.05, 0) is 18.9 Å². The van der Waals surface area contributed by atoms with Crippen LogP contribution in [-0.4, -0.2) is 51.0 Å². The van der Waals surface area contributed by atoms with Gasteiger partial charge in [-0.3, -0.25) is 0 Å². The predicted molar refractivity (Wildman–Crippen MR) is 74.7 cm³/mol. The molecule has 2 fully saturated rings. The number of β-amino-alcohol motifs (C(OH)–C–C–N with tert-alkyl or cyclic N) is 1. The van der Waals surface area contributed by atoms with Crippen LogP contribution in [0.1, 0.15) is 24.6 Å². The maximum atomic E-state index is 9.98. The van der Waals surface area contributed by atoms with Crippen molar-refractivity contribution in [2.24, 2.45) is 5.92 Å². The number of aromatic amines is 1. The molecule has 0 spiro atoms. The van der Waals surface area contributed by atoms with E-state index < -0.39 is 6.10 Å². The largest absolute Gasteiger partial charge is 0.396 e. The normalized spacial score (nSPS) is 26.6. The molecule has 1 saturated heterocycles. The van der Waals surface area contributed by atoms with E-state index in [1.165, 1.54) is 0 Å². The molecule has 6 nitrogen and oxygen atoms in total.